The van der Waals surface area contributed by atoms with Crippen LogP contribution in [0.3, 0.4) is 0 Å². The zero-order valence-electron chi connectivity index (χ0n) is 11.9. The van der Waals surface area contributed by atoms with Crippen LogP contribution < -0.4 is 17.7 Å². The summed E-state index contributed by atoms with van der Waals surface area (Å²) in [5.74, 6) is 0.00968. The minimum Gasteiger partial charge on any atom is -1.00 e. The second-order valence-corrected chi connectivity index (χ2v) is 6.07. The molecular weight excluding hydrogens is 240 g/mol. The van der Waals surface area contributed by atoms with E-state index in [9.17, 15) is 9.90 Å². The smallest absolute Gasteiger partial charge is 0.225 e. The maximum Gasteiger partial charge on any atom is 0.225 e. The van der Waals surface area contributed by atoms with Crippen LogP contribution in [0.25, 0.3) is 0 Å². The van der Waals surface area contributed by atoms with E-state index in [1.54, 1.807) is 0 Å². The van der Waals surface area contributed by atoms with Crippen LogP contribution in [-0.2, 0) is 4.79 Å². The lowest BCUT2D eigenvalue weighted by atomic mass is 9.89. The Morgan fingerprint density at radius 1 is 1.35 bits per heavy atom. The molecule has 0 heterocycles. The molecule has 0 saturated carbocycles. The molecule has 2 N–H and O–H groups in total. The van der Waals surface area contributed by atoms with Gasteiger partial charge in [-0.3, -0.25) is 4.79 Å². The number of halogens is 1. The molecular formula is C12H27ClN2O2. The van der Waals surface area contributed by atoms with Crippen molar-refractivity contribution in [3.8, 4) is 0 Å². The number of amides is 1. The molecule has 4 nitrogen and oxygen atoms in total. The van der Waals surface area contributed by atoms with Crippen LogP contribution in [0.4, 0.5) is 0 Å². The molecule has 5 heteroatoms. The number of nitrogens with one attached hydrogen (secondary N) is 1. The van der Waals surface area contributed by atoms with Crippen molar-refractivity contribution >= 4 is 5.91 Å². The van der Waals surface area contributed by atoms with Crippen molar-refractivity contribution in [2.24, 2.45) is 5.41 Å². The molecule has 0 radical (unpaired) electrons. The topological polar surface area (TPSA) is 49.3 Å². The second-order valence-electron chi connectivity index (χ2n) is 6.07. The van der Waals surface area contributed by atoms with Gasteiger partial charge in [0.25, 0.3) is 0 Å². The summed E-state index contributed by atoms with van der Waals surface area (Å²) in [4.78, 5) is 11.7. The largest absolute Gasteiger partial charge is 1.00 e. The molecule has 0 saturated heterocycles. The third-order valence-electron chi connectivity index (χ3n) is 2.76. The van der Waals surface area contributed by atoms with Crippen molar-refractivity contribution in [3.05, 3.63) is 0 Å². The molecule has 1 atom stereocenters. The summed E-state index contributed by atoms with van der Waals surface area (Å²) in [7, 11) is 6.04. The number of carbonyl (C=O) groups is 1. The van der Waals surface area contributed by atoms with Crippen LogP contribution >= 0.6 is 0 Å². The van der Waals surface area contributed by atoms with Crippen LogP contribution in [0, 0.1) is 5.41 Å². The van der Waals surface area contributed by atoms with Crippen LogP contribution in [0.2, 0.25) is 0 Å². The molecule has 0 aliphatic heterocycles. The molecule has 0 spiro atoms. The molecule has 1 amide bonds. The van der Waals surface area contributed by atoms with Crippen molar-refractivity contribution in [1.82, 2.24) is 5.32 Å². The zero-order valence-corrected chi connectivity index (χ0v) is 12.6. The predicted molar refractivity (Wildman–Crippen MR) is 66.0 cm³/mol. The average molecular weight is 267 g/mol. The number of carbonyl (C=O) groups excluding carboxylic acids is 1. The van der Waals surface area contributed by atoms with Gasteiger partial charge in [0.2, 0.25) is 5.91 Å². The van der Waals surface area contributed by atoms with E-state index in [-0.39, 0.29) is 23.7 Å². The van der Waals surface area contributed by atoms with Gasteiger partial charge >= 0.3 is 0 Å². The highest BCUT2D eigenvalue weighted by atomic mass is 35.5. The Hall–Kier alpha value is -0.320. The Balaban J connectivity index is 0. The minimum atomic E-state index is -0.489. The van der Waals surface area contributed by atoms with Gasteiger partial charge in [-0.05, 0) is 6.42 Å². The summed E-state index contributed by atoms with van der Waals surface area (Å²) in [6.45, 7) is 6.77. The Labute approximate surface area is 111 Å². The second kappa shape index (κ2) is 7.19. The molecule has 0 aliphatic carbocycles. The van der Waals surface area contributed by atoms with Gasteiger partial charge in [0.1, 0.15) is 12.6 Å². The Morgan fingerprint density at radius 3 is 2.18 bits per heavy atom. The number of aliphatic hydroxyl groups is 1. The van der Waals surface area contributed by atoms with Crippen molar-refractivity contribution in [2.45, 2.75) is 33.3 Å². The quantitative estimate of drug-likeness (QED) is 0.527. The first-order valence-corrected chi connectivity index (χ1v) is 5.85. The number of hydrogen-bond acceptors (Lipinski definition) is 2. The SMILES string of the molecule is CCC(C)(C)C(=O)NCC(O)C[N+](C)(C)C.[Cl-]. The van der Waals surface area contributed by atoms with Gasteiger partial charge in [-0.25, -0.2) is 0 Å². The highest BCUT2D eigenvalue weighted by Crippen LogP contribution is 2.19. The van der Waals surface area contributed by atoms with Gasteiger partial charge in [-0.1, -0.05) is 20.8 Å². The van der Waals surface area contributed by atoms with Crippen molar-refractivity contribution in [3.63, 3.8) is 0 Å². The monoisotopic (exact) mass is 266 g/mol. The summed E-state index contributed by atoms with van der Waals surface area (Å²) in [5.41, 5.74) is -0.351. The molecule has 0 aromatic rings. The summed E-state index contributed by atoms with van der Waals surface area (Å²) >= 11 is 0. The normalized spacial score (nSPS) is 13.8. The number of hydrogen-bond donors (Lipinski definition) is 2. The molecule has 104 valence electrons. The average Bonchev–Trinajstić information content (AvgIpc) is 2.11. The molecule has 0 rings (SSSR count). The molecule has 17 heavy (non-hydrogen) atoms. The molecule has 0 aromatic carbocycles. The summed E-state index contributed by atoms with van der Waals surface area (Å²) < 4.78 is 0.689. The number of nitrogens with zero attached hydrogens (tertiary/aromatic N) is 1. The van der Waals surface area contributed by atoms with Crippen LogP contribution in [0.15, 0.2) is 0 Å². The first-order valence-electron chi connectivity index (χ1n) is 5.85. The summed E-state index contributed by atoms with van der Waals surface area (Å²) in [6, 6.07) is 0. The Bertz CT molecular complexity index is 237. The lowest BCUT2D eigenvalue weighted by molar-refractivity contribution is -0.873. The first-order chi connectivity index (χ1) is 7.08. The van der Waals surface area contributed by atoms with E-state index in [0.717, 1.165) is 6.42 Å². The standard InChI is InChI=1S/C12H26N2O2.ClH/c1-7-12(2,3)11(16)13-8-10(15)9-14(4,5)6;/h10,15H,7-9H2,1-6H3;1H. The lowest BCUT2D eigenvalue weighted by Crippen LogP contribution is -3.00. The molecule has 0 fully saturated rings. The number of rotatable bonds is 6. The fourth-order valence-corrected chi connectivity index (χ4v) is 1.31. The van der Waals surface area contributed by atoms with Crippen molar-refractivity contribution < 1.29 is 26.8 Å². The summed E-state index contributed by atoms with van der Waals surface area (Å²) in [5, 5.41) is 12.5. The number of likely N-dealkylation sites (N-methyl/N-ethyl adjacent to an activating group) is 1. The maximum absolute atomic E-state index is 11.7. The van der Waals surface area contributed by atoms with Crippen LogP contribution in [0.5, 0.6) is 0 Å². The number of quaternary nitrogens is 1. The van der Waals surface area contributed by atoms with Crippen LogP contribution in [-0.4, -0.2) is 55.8 Å². The molecule has 1 unspecified atom stereocenters. The van der Waals surface area contributed by atoms with Gasteiger partial charge in [-0.15, -0.1) is 0 Å². The van der Waals surface area contributed by atoms with E-state index in [1.807, 2.05) is 41.9 Å². The lowest BCUT2D eigenvalue weighted by Gasteiger charge is -2.28. The van der Waals surface area contributed by atoms with Gasteiger partial charge < -0.3 is 27.3 Å². The van der Waals surface area contributed by atoms with Gasteiger partial charge in [0.05, 0.1) is 21.1 Å². The minimum absolute atomic E-state index is 0. The Morgan fingerprint density at radius 2 is 1.82 bits per heavy atom. The first kappa shape index (κ1) is 19.0. The van der Waals surface area contributed by atoms with Gasteiger partial charge in [0, 0.05) is 12.0 Å². The van der Waals surface area contributed by atoms with E-state index in [4.69, 9.17) is 0 Å². The third kappa shape index (κ3) is 8.41. The fourth-order valence-electron chi connectivity index (χ4n) is 1.31. The molecule has 0 aromatic heterocycles. The van der Waals surface area contributed by atoms with Crippen molar-refractivity contribution in [1.29, 1.82) is 0 Å². The van der Waals surface area contributed by atoms with Crippen molar-refractivity contribution in [2.75, 3.05) is 34.2 Å². The summed E-state index contributed by atoms with van der Waals surface area (Å²) in [6.07, 6.45) is 0.307. The highest BCUT2D eigenvalue weighted by molar-refractivity contribution is 5.81. The van der Waals surface area contributed by atoms with Gasteiger partial charge in [-0.2, -0.15) is 0 Å². The zero-order chi connectivity index (χ0) is 13.0. The maximum atomic E-state index is 11.7. The van der Waals surface area contributed by atoms with E-state index < -0.39 is 6.10 Å². The highest BCUT2D eigenvalue weighted by Gasteiger charge is 2.26. The molecule has 0 bridgehead atoms. The fraction of sp³-hybridized carbons (Fsp3) is 0.917. The third-order valence-corrected chi connectivity index (χ3v) is 2.76. The van der Waals surface area contributed by atoms with Crippen LogP contribution in [0.1, 0.15) is 27.2 Å². The van der Waals surface area contributed by atoms with E-state index >= 15 is 0 Å². The van der Waals surface area contributed by atoms with E-state index in [0.29, 0.717) is 17.6 Å². The van der Waals surface area contributed by atoms with E-state index in [1.165, 1.54) is 0 Å². The number of aliphatic hydroxyl groups excluding tert-OH is 1. The predicted octanol–water partition coefficient (Wildman–Crippen LogP) is -2.39. The van der Waals surface area contributed by atoms with E-state index in [2.05, 4.69) is 5.32 Å². The van der Waals surface area contributed by atoms with Gasteiger partial charge in [0.15, 0.2) is 0 Å². The molecule has 0 aliphatic rings. The Kier molecular flexibility index (Phi) is 8.05.